The topological polar surface area (TPSA) is 54.2 Å². The van der Waals surface area contributed by atoms with Crippen LogP contribution in [-0.2, 0) is 0 Å². The van der Waals surface area contributed by atoms with Crippen molar-refractivity contribution in [3.63, 3.8) is 0 Å². The number of fused-ring (bicyclic) bond motifs is 1. The van der Waals surface area contributed by atoms with E-state index in [0.717, 1.165) is 41.7 Å². The molecule has 0 saturated carbocycles. The zero-order valence-electron chi connectivity index (χ0n) is 14.1. The molecule has 1 aliphatic rings. The number of piperidine rings is 1. The van der Waals surface area contributed by atoms with E-state index >= 15 is 0 Å². The molecule has 5 heteroatoms. The first-order valence-corrected chi connectivity index (χ1v) is 8.51. The molecule has 1 N–H and O–H groups in total. The molecule has 4 rings (SSSR count). The summed E-state index contributed by atoms with van der Waals surface area (Å²) in [5.41, 5.74) is 2.86. The van der Waals surface area contributed by atoms with Crippen LogP contribution in [0.5, 0.6) is 5.88 Å². The molecule has 3 aromatic rings. The summed E-state index contributed by atoms with van der Waals surface area (Å²) in [7, 11) is 0. The lowest BCUT2D eigenvalue weighted by molar-refractivity contribution is 0.434. The van der Waals surface area contributed by atoms with E-state index in [-0.39, 0.29) is 5.88 Å². The van der Waals surface area contributed by atoms with Gasteiger partial charge in [0.05, 0.1) is 10.9 Å². The number of aryl methyl sites for hydroxylation is 1. The van der Waals surface area contributed by atoms with Crippen molar-refractivity contribution in [1.82, 2.24) is 14.5 Å². The maximum atomic E-state index is 10.5. The van der Waals surface area contributed by atoms with Crippen molar-refractivity contribution >= 4 is 16.9 Å². The first kappa shape index (κ1) is 15.0. The van der Waals surface area contributed by atoms with Gasteiger partial charge in [0.25, 0.3) is 0 Å². The van der Waals surface area contributed by atoms with Crippen LogP contribution in [0.1, 0.15) is 25.3 Å². The van der Waals surface area contributed by atoms with Gasteiger partial charge in [0.15, 0.2) is 0 Å². The Morgan fingerprint density at radius 2 is 2.00 bits per heavy atom. The second-order valence-corrected chi connectivity index (χ2v) is 6.80. The maximum Gasteiger partial charge on any atom is 0.225 e. The summed E-state index contributed by atoms with van der Waals surface area (Å²) >= 11 is 0. The number of hydrogen-bond donors (Lipinski definition) is 1. The second kappa shape index (κ2) is 5.82. The van der Waals surface area contributed by atoms with Crippen LogP contribution in [-0.4, -0.2) is 32.7 Å². The van der Waals surface area contributed by atoms with Gasteiger partial charge in [0, 0.05) is 31.2 Å². The van der Waals surface area contributed by atoms with E-state index < -0.39 is 0 Å². The highest BCUT2D eigenvalue weighted by Gasteiger charge is 2.19. The summed E-state index contributed by atoms with van der Waals surface area (Å²) in [6, 6.07) is 8.05. The number of rotatable bonds is 2. The number of benzene rings is 1. The van der Waals surface area contributed by atoms with Gasteiger partial charge in [0.1, 0.15) is 0 Å². The Morgan fingerprint density at radius 3 is 2.75 bits per heavy atom. The van der Waals surface area contributed by atoms with Crippen LogP contribution in [0.2, 0.25) is 0 Å². The molecule has 0 unspecified atom stereocenters. The average Bonchev–Trinajstić information content (AvgIpc) is 2.92. The van der Waals surface area contributed by atoms with Gasteiger partial charge in [-0.25, -0.2) is 9.97 Å². The molecule has 1 saturated heterocycles. The summed E-state index contributed by atoms with van der Waals surface area (Å²) in [6.45, 7) is 6.33. The van der Waals surface area contributed by atoms with Crippen LogP contribution in [0.3, 0.4) is 0 Å². The van der Waals surface area contributed by atoms with Crippen molar-refractivity contribution in [2.45, 2.75) is 26.7 Å². The summed E-state index contributed by atoms with van der Waals surface area (Å²) in [6.07, 6.45) is 5.97. The lowest BCUT2D eigenvalue weighted by Gasteiger charge is -2.30. The van der Waals surface area contributed by atoms with Crippen molar-refractivity contribution in [3.8, 4) is 11.6 Å². The zero-order chi connectivity index (χ0) is 16.7. The molecule has 24 heavy (non-hydrogen) atoms. The smallest absolute Gasteiger partial charge is 0.225 e. The maximum absolute atomic E-state index is 10.5. The lowest BCUT2D eigenvalue weighted by Crippen LogP contribution is -2.33. The molecule has 3 heterocycles. The van der Waals surface area contributed by atoms with E-state index in [1.165, 1.54) is 12.8 Å². The minimum Gasteiger partial charge on any atom is -0.494 e. The Labute approximate surface area is 141 Å². The third kappa shape index (κ3) is 2.60. The van der Waals surface area contributed by atoms with Crippen molar-refractivity contribution in [2.75, 3.05) is 18.0 Å². The molecular formula is C19H22N4O. The molecule has 1 aliphatic heterocycles. The Kier molecular flexibility index (Phi) is 3.63. The number of anilines is 1. The van der Waals surface area contributed by atoms with Crippen molar-refractivity contribution in [3.05, 3.63) is 42.2 Å². The van der Waals surface area contributed by atoms with Crippen molar-refractivity contribution in [1.29, 1.82) is 0 Å². The normalized spacial score (nSPS) is 16.0. The largest absolute Gasteiger partial charge is 0.494 e. The minimum absolute atomic E-state index is 0.189. The third-order valence-corrected chi connectivity index (χ3v) is 4.87. The Morgan fingerprint density at radius 1 is 1.21 bits per heavy atom. The molecule has 124 valence electrons. The second-order valence-electron chi connectivity index (χ2n) is 6.80. The fourth-order valence-corrected chi connectivity index (χ4v) is 3.30. The van der Waals surface area contributed by atoms with Crippen LogP contribution < -0.4 is 4.90 Å². The summed E-state index contributed by atoms with van der Waals surface area (Å²) in [5.74, 6) is 1.72. The van der Waals surface area contributed by atoms with Crippen molar-refractivity contribution in [2.24, 2.45) is 5.92 Å². The van der Waals surface area contributed by atoms with Gasteiger partial charge in [-0.1, -0.05) is 19.1 Å². The SMILES string of the molecule is Cc1cccc(-n2cc3nc(N4CCC(C)CC4)ncc3c2O)c1. The first-order chi connectivity index (χ1) is 11.6. The standard InChI is InChI=1S/C19H22N4O/c1-13-6-8-22(9-7-13)19-20-11-16-17(21-19)12-23(18(16)24)15-5-3-4-14(2)10-15/h3-5,10-13,24H,6-9H2,1-2H3. The third-order valence-electron chi connectivity index (χ3n) is 4.87. The highest BCUT2D eigenvalue weighted by Crippen LogP contribution is 2.30. The molecule has 0 atom stereocenters. The van der Waals surface area contributed by atoms with Crippen LogP contribution in [0.15, 0.2) is 36.7 Å². The Balaban J connectivity index is 1.73. The quantitative estimate of drug-likeness (QED) is 0.782. The fraction of sp³-hybridized carbons (Fsp3) is 0.368. The predicted molar refractivity (Wildman–Crippen MR) is 95.9 cm³/mol. The molecule has 1 fully saturated rings. The Bertz CT molecular complexity index is 878. The molecule has 1 aromatic carbocycles. The fourth-order valence-electron chi connectivity index (χ4n) is 3.30. The number of hydrogen-bond acceptors (Lipinski definition) is 4. The van der Waals surface area contributed by atoms with Gasteiger partial charge in [-0.05, 0) is 43.4 Å². The van der Waals surface area contributed by atoms with Crippen molar-refractivity contribution < 1.29 is 5.11 Å². The predicted octanol–water partition coefficient (Wildman–Crippen LogP) is 3.67. The number of aromatic nitrogens is 3. The summed E-state index contributed by atoms with van der Waals surface area (Å²) in [5, 5.41) is 11.2. The van der Waals surface area contributed by atoms with E-state index in [2.05, 4.69) is 21.8 Å². The van der Waals surface area contributed by atoms with E-state index in [0.29, 0.717) is 5.39 Å². The molecule has 0 radical (unpaired) electrons. The summed E-state index contributed by atoms with van der Waals surface area (Å²) < 4.78 is 1.77. The monoisotopic (exact) mass is 322 g/mol. The molecule has 0 bridgehead atoms. The van der Waals surface area contributed by atoms with E-state index in [1.807, 2.05) is 37.4 Å². The van der Waals surface area contributed by atoms with Crippen LogP contribution >= 0.6 is 0 Å². The number of nitrogens with zero attached hydrogens (tertiary/aromatic N) is 4. The highest BCUT2D eigenvalue weighted by atomic mass is 16.3. The van der Waals surface area contributed by atoms with Gasteiger partial charge < -0.3 is 10.0 Å². The zero-order valence-corrected chi connectivity index (χ0v) is 14.1. The van der Waals surface area contributed by atoms with E-state index in [4.69, 9.17) is 0 Å². The average molecular weight is 322 g/mol. The van der Waals surface area contributed by atoms with Crippen LogP contribution in [0, 0.1) is 12.8 Å². The molecule has 0 spiro atoms. The van der Waals surface area contributed by atoms with Gasteiger partial charge in [0.2, 0.25) is 11.8 Å². The van der Waals surface area contributed by atoms with E-state index in [9.17, 15) is 5.11 Å². The van der Waals surface area contributed by atoms with Gasteiger partial charge in [-0.15, -0.1) is 0 Å². The summed E-state index contributed by atoms with van der Waals surface area (Å²) in [4.78, 5) is 11.4. The van der Waals surface area contributed by atoms with Gasteiger partial charge in [-0.2, -0.15) is 0 Å². The van der Waals surface area contributed by atoms with Crippen LogP contribution in [0.25, 0.3) is 16.6 Å². The molecule has 5 nitrogen and oxygen atoms in total. The Hall–Kier alpha value is -2.56. The van der Waals surface area contributed by atoms with Crippen LogP contribution in [0.4, 0.5) is 5.95 Å². The number of aromatic hydroxyl groups is 1. The molecule has 2 aromatic heterocycles. The first-order valence-electron chi connectivity index (χ1n) is 8.51. The minimum atomic E-state index is 0.189. The molecular weight excluding hydrogens is 300 g/mol. The van der Waals surface area contributed by atoms with E-state index in [1.54, 1.807) is 10.8 Å². The highest BCUT2D eigenvalue weighted by molar-refractivity contribution is 5.85. The van der Waals surface area contributed by atoms with Gasteiger partial charge >= 0.3 is 0 Å². The lowest BCUT2D eigenvalue weighted by atomic mass is 10.00. The van der Waals surface area contributed by atoms with Gasteiger partial charge in [-0.3, -0.25) is 4.57 Å². The molecule has 0 amide bonds. The molecule has 0 aliphatic carbocycles.